The van der Waals surface area contributed by atoms with Crippen molar-refractivity contribution >= 4 is 34.3 Å². The van der Waals surface area contributed by atoms with Crippen LogP contribution in [0.1, 0.15) is 26.9 Å². The molecule has 0 radical (unpaired) electrons. The van der Waals surface area contributed by atoms with Crippen LogP contribution in [0.4, 0.5) is 8.78 Å². The first-order valence-electron chi connectivity index (χ1n) is 8.90. The average molecular weight is 445 g/mol. The molecule has 0 saturated heterocycles. The van der Waals surface area contributed by atoms with Gasteiger partial charge in [0.25, 0.3) is 5.91 Å². The lowest BCUT2D eigenvalue weighted by Gasteiger charge is -2.22. The molecule has 3 aromatic carbocycles. The number of nitrogens with zero attached hydrogens (tertiary/aromatic N) is 2. The lowest BCUT2D eigenvalue weighted by molar-refractivity contribution is 0.0747. The Kier molecular flexibility index (Phi) is 5.74. The van der Waals surface area contributed by atoms with Crippen molar-refractivity contribution in [1.82, 2.24) is 5.01 Å². The third kappa shape index (κ3) is 3.91. The molecular weight excluding hydrogens is 430 g/mol. The second kappa shape index (κ2) is 8.45. The summed E-state index contributed by atoms with van der Waals surface area (Å²) in [4.78, 5) is 13.2. The Labute approximate surface area is 181 Å². The van der Waals surface area contributed by atoms with Crippen LogP contribution in [0.2, 0.25) is 5.02 Å². The topological polar surface area (TPSA) is 41.9 Å². The highest BCUT2D eigenvalue weighted by molar-refractivity contribution is 8.14. The lowest BCUT2D eigenvalue weighted by atomic mass is 10.1. The van der Waals surface area contributed by atoms with Gasteiger partial charge in [-0.05, 0) is 36.4 Å². The van der Waals surface area contributed by atoms with E-state index in [-0.39, 0.29) is 5.56 Å². The molecule has 0 N–H and O–H groups in total. The Hall–Kier alpha value is -2.90. The number of para-hydroxylation sites is 1. The smallest absolute Gasteiger partial charge is 0.275 e. The molecule has 0 spiro atoms. The number of rotatable bonds is 4. The van der Waals surface area contributed by atoms with E-state index in [0.717, 1.165) is 23.3 Å². The van der Waals surface area contributed by atoms with Gasteiger partial charge in [0.1, 0.15) is 16.2 Å². The van der Waals surface area contributed by atoms with Gasteiger partial charge in [-0.2, -0.15) is 5.10 Å². The summed E-state index contributed by atoms with van der Waals surface area (Å²) in [6, 6.07) is 17.4. The van der Waals surface area contributed by atoms with Gasteiger partial charge < -0.3 is 4.74 Å². The molecule has 1 atom stereocenters. The molecule has 1 unspecified atom stereocenters. The van der Waals surface area contributed by atoms with Crippen LogP contribution in [0.5, 0.6) is 5.75 Å². The predicted octanol–water partition coefficient (Wildman–Crippen LogP) is 5.88. The van der Waals surface area contributed by atoms with E-state index in [0.29, 0.717) is 15.8 Å². The largest absolute Gasteiger partial charge is 0.496 e. The number of amides is 1. The van der Waals surface area contributed by atoms with E-state index in [4.69, 9.17) is 16.3 Å². The standard InChI is InChI=1S/C22H15ClF2N2O2S/c1-29-19-5-3-2-4-16(19)22-27(21(28)14-8-11-17(24)18(25)12-14)26-20(30-22)13-6-9-15(23)10-7-13/h2-12,22H,1H3. The highest BCUT2D eigenvalue weighted by atomic mass is 35.5. The Morgan fingerprint density at radius 3 is 2.50 bits per heavy atom. The van der Waals surface area contributed by atoms with E-state index in [2.05, 4.69) is 5.10 Å². The van der Waals surface area contributed by atoms with E-state index in [1.807, 2.05) is 18.2 Å². The summed E-state index contributed by atoms with van der Waals surface area (Å²) >= 11 is 7.33. The fourth-order valence-corrected chi connectivity index (χ4v) is 4.34. The number of thioether (sulfide) groups is 1. The van der Waals surface area contributed by atoms with Gasteiger partial charge in [0.15, 0.2) is 11.6 Å². The molecule has 0 aromatic heterocycles. The molecule has 4 rings (SSSR count). The first-order chi connectivity index (χ1) is 14.5. The van der Waals surface area contributed by atoms with Crippen LogP contribution < -0.4 is 4.74 Å². The molecule has 152 valence electrons. The summed E-state index contributed by atoms with van der Waals surface area (Å²) in [6.07, 6.45) is 0. The molecule has 30 heavy (non-hydrogen) atoms. The zero-order valence-corrected chi connectivity index (χ0v) is 17.3. The van der Waals surface area contributed by atoms with Crippen molar-refractivity contribution in [3.8, 4) is 5.75 Å². The number of hydrazone groups is 1. The van der Waals surface area contributed by atoms with Crippen molar-refractivity contribution in [2.24, 2.45) is 5.10 Å². The Balaban J connectivity index is 1.77. The molecule has 1 aliphatic rings. The van der Waals surface area contributed by atoms with E-state index >= 15 is 0 Å². The summed E-state index contributed by atoms with van der Waals surface area (Å²) in [7, 11) is 1.54. The predicted molar refractivity (Wildman–Crippen MR) is 114 cm³/mol. The first-order valence-corrected chi connectivity index (χ1v) is 10.2. The monoisotopic (exact) mass is 444 g/mol. The van der Waals surface area contributed by atoms with Crippen LogP contribution in [0.25, 0.3) is 0 Å². The highest BCUT2D eigenvalue weighted by Crippen LogP contribution is 2.45. The van der Waals surface area contributed by atoms with E-state index in [9.17, 15) is 13.6 Å². The molecule has 1 aliphatic heterocycles. The molecule has 0 saturated carbocycles. The summed E-state index contributed by atoms with van der Waals surface area (Å²) in [5, 5.41) is 6.39. The molecule has 3 aromatic rings. The number of carbonyl (C=O) groups excluding carboxylic acids is 1. The first kappa shape index (κ1) is 20.4. The molecule has 0 bridgehead atoms. The molecule has 4 nitrogen and oxygen atoms in total. The molecule has 0 fully saturated rings. The lowest BCUT2D eigenvalue weighted by Crippen LogP contribution is -2.26. The van der Waals surface area contributed by atoms with E-state index in [1.54, 1.807) is 37.4 Å². The third-order valence-corrected chi connectivity index (χ3v) is 5.98. The van der Waals surface area contributed by atoms with Crippen molar-refractivity contribution in [1.29, 1.82) is 0 Å². The molecular formula is C22H15ClF2N2O2S. The SMILES string of the molecule is COc1ccccc1C1SC(c2ccc(Cl)cc2)=NN1C(=O)c1ccc(F)c(F)c1. The minimum atomic E-state index is -1.09. The van der Waals surface area contributed by atoms with Crippen molar-refractivity contribution in [2.45, 2.75) is 5.37 Å². The molecule has 1 amide bonds. The normalized spacial score (nSPS) is 15.8. The number of hydrogen-bond donors (Lipinski definition) is 0. The Morgan fingerprint density at radius 2 is 1.80 bits per heavy atom. The minimum absolute atomic E-state index is 0.00416. The second-order valence-corrected chi connectivity index (χ2v) is 7.91. The molecule has 0 aliphatic carbocycles. The van der Waals surface area contributed by atoms with Crippen LogP contribution in [0, 0.1) is 11.6 Å². The number of ether oxygens (including phenoxy) is 1. The zero-order valence-electron chi connectivity index (χ0n) is 15.7. The fraction of sp³-hybridized carbons (Fsp3) is 0.0909. The van der Waals surface area contributed by atoms with E-state index in [1.165, 1.54) is 22.8 Å². The van der Waals surface area contributed by atoms with Gasteiger partial charge in [0.05, 0.1) is 7.11 Å². The number of halogens is 3. The van der Waals surface area contributed by atoms with Crippen LogP contribution in [0.3, 0.4) is 0 Å². The van der Waals surface area contributed by atoms with Crippen molar-refractivity contribution < 1.29 is 18.3 Å². The van der Waals surface area contributed by atoms with Gasteiger partial charge in [-0.25, -0.2) is 13.8 Å². The van der Waals surface area contributed by atoms with Crippen LogP contribution in [-0.2, 0) is 0 Å². The zero-order chi connectivity index (χ0) is 21.3. The van der Waals surface area contributed by atoms with Crippen molar-refractivity contribution in [2.75, 3.05) is 7.11 Å². The van der Waals surface area contributed by atoms with Crippen molar-refractivity contribution in [3.05, 3.63) is 100 Å². The van der Waals surface area contributed by atoms with Crippen LogP contribution >= 0.6 is 23.4 Å². The maximum atomic E-state index is 13.7. The van der Waals surface area contributed by atoms with Gasteiger partial charge in [-0.3, -0.25) is 4.79 Å². The van der Waals surface area contributed by atoms with Gasteiger partial charge in [0.2, 0.25) is 0 Å². The summed E-state index contributed by atoms with van der Waals surface area (Å²) in [5.41, 5.74) is 1.51. The molecule has 1 heterocycles. The quantitative estimate of drug-likeness (QED) is 0.505. The average Bonchev–Trinajstić information content (AvgIpc) is 3.20. The summed E-state index contributed by atoms with van der Waals surface area (Å²) in [6.45, 7) is 0. The van der Waals surface area contributed by atoms with Gasteiger partial charge in [0, 0.05) is 21.7 Å². The van der Waals surface area contributed by atoms with Gasteiger partial charge in [-0.1, -0.05) is 53.7 Å². The number of hydrogen-bond acceptors (Lipinski definition) is 4. The Morgan fingerprint density at radius 1 is 1.07 bits per heavy atom. The number of carbonyl (C=O) groups is 1. The second-order valence-electron chi connectivity index (χ2n) is 6.40. The van der Waals surface area contributed by atoms with Gasteiger partial charge in [-0.15, -0.1) is 0 Å². The summed E-state index contributed by atoms with van der Waals surface area (Å²) in [5.74, 6) is -2.08. The minimum Gasteiger partial charge on any atom is -0.496 e. The van der Waals surface area contributed by atoms with Crippen LogP contribution in [-0.4, -0.2) is 23.1 Å². The van der Waals surface area contributed by atoms with E-state index < -0.39 is 22.9 Å². The highest BCUT2D eigenvalue weighted by Gasteiger charge is 2.36. The van der Waals surface area contributed by atoms with Gasteiger partial charge >= 0.3 is 0 Å². The third-order valence-electron chi connectivity index (χ3n) is 4.51. The Bertz CT molecular complexity index is 1140. The number of benzene rings is 3. The summed E-state index contributed by atoms with van der Waals surface area (Å²) < 4.78 is 32.5. The van der Waals surface area contributed by atoms with Crippen LogP contribution in [0.15, 0.2) is 71.8 Å². The maximum Gasteiger partial charge on any atom is 0.275 e. The maximum absolute atomic E-state index is 13.7. The molecule has 8 heteroatoms. The van der Waals surface area contributed by atoms with Crippen molar-refractivity contribution in [3.63, 3.8) is 0 Å². The number of methoxy groups -OCH3 is 1. The fourth-order valence-electron chi connectivity index (χ4n) is 3.03.